The van der Waals surface area contributed by atoms with Gasteiger partial charge in [-0.1, -0.05) is 52.5 Å². The van der Waals surface area contributed by atoms with Gasteiger partial charge in [0.25, 0.3) is 10.0 Å². The average molecular weight is 462 g/mol. The molecule has 0 bridgehead atoms. The van der Waals surface area contributed by atoms with E-state index in [0.717, 1.165) is 4.31 Å². The Labute approximate surface area is 170 Å². The molecule has 0 amide bonds. The summed E-state index contributed by atoms with van der Waals surface area (Å²) in [5.74, 6) is 0. The van der Waals surface area contributed by atoms with Crippen molar-refractivity contribution in [3.8, 4) is 0 Å². The summed E-state index contributed by atoms with van der Waals surface area (Å²) in [6.07, 6.45) is 0. The van der Waals surface area contributed by atoms with Gasteiger partial charge in [-0.15, -0.1) is 0 Å². The van der Waals surface area contributed by atoms with Crippen LogP contribution in [0.1, 0.15) is 6.92 Å². The lowest BCUT2D eigenvalue weighted by atomic mass is 10.3. The summed E-state index contributed by atoms with van der Waals surface area (Å²) >= 11 is 29.7. The van der Waals surface area contributed by atoms with Gasteiger partial charge in [-0.2, -0.15) is 0 Å². The highest BCUT2D eigenvalue weighted by molar-refractivity contribution is 7.93. The highest BCUT2D eigenvalue weighted by atomic mass is 35.5. The predicted molar refractivity (Wildman–Crippen MR) is 103 cm³/mol. The average Bonchev–Trinajstić information content (AvgIpc) is 2.52. The van der Waals surface area contributed by atoms with Gasteiger partial charge >= 0.3 is 0 Å². The van der Waals surface area contributed by atoms with Gasteiger partial charge in [0, 0.05) is 5.02 Å². The van der Waals surface area contributed by atoms with Crippen molar-refractivity contribution in [1.82, 2.24) is 0 Å². The Bertz CT molecular complexity index is 913. The molecule has 0 N–H and O–H groups in total. The van der Waals surface area contributed by atoms with Crippen LogP contribution >= 0.6 is 58.0 Å². The van der Waals surface area contributed by atoms with Crippen molar-refractivity contribution in [1.29, 1.82) is 0 Å². The monoisotopic (exact) mass is 459 g/mol. The Hall–Kier alpha value is -0.690. The Morgan fingerprint density at radius 3 is 2.08 bits per heavy atom. The molecule has 0 radical (unpaired) electrons. The Balaban J connectivity index is 2.80. The molecular weight excluding hydrogens is 452 g/mol. The van der Waals surface area contributed by atoms with Gasteiger partial charge in [-0.3, -0.25) is 9.10 Å². The van der Waals surface area contributed by atoms with E-state index in [4.69, 9.17) is 58.0 Å². The van der Waals surface area contributed by atoms with Crippen LogP contribution in [0.2, 0.25) is 20.1 Å². The lowest BCUT2D eigenvalue weighted by Crippen LogP contribution is -2.42. The van der Waals surface area contributed by atoms with Crippen molar-refractivity contribution < 1.29 is 13.2 Å². The van der Waals surface area contributed by atoms with Crippen LogP contribution in [0.4, 0.5) is 5.69 Å². The molecule has 4 nitrogen and oxygen atoms in total. The normalized spacial score (nSPS) is 12.7. The number of nitrogens with zero attached hydrogens (tertiary/aromatic N) is 1. The molecular formula is C15H10Cl5NO3S. The van der Waals surface area contributed by atoms with E-state index in [1.165, 1.54) is 37.3 Å². The molecule has 0 heterocycles. The van der Waals surface area contributed by atoms with Crippen LogP contribution in [0, 0.1) is 0 Å². The third-order valence-corrected chi connectivity index (χ3v) is 6.78. The zero-order valence-electron chi connectivity index (χ0n) is 12.5. The van der Waals surface area contributed by atoms with Gasteiger partial charge in [0.1, 0.15) is 10.9 Å². The molecule has 134 valence electrons. The molecule has 2 aromatic rings. The molecule has 0 aliphatic heterocycles. The standard InChI is InChI=1S/C15H10Cl5NO3S/c1-8(15(20)22)21(14-11(18)3-2-4-12(14)19)25(23,24)13-7-9(16)5-6-10(13)17/h2-8H,1H3. The highest BCUT2D eigenvalue weighted by Crippen LogP contribution is 2.40. The molecule has 0 aliphatic rings. The van der Waals surface area contributed by atoms with Gasteiger partial charge in [-0.05, 0) is 48.9 Å². The molecule has 10 heteroatoms. The second-order valence-electron chi connectivity index (χ2n) is 4.93. The van der Waals surface area contributed by atoms with Gasteiger partial charge in [0.15, 0.2) is 0 Å². The molecule has 25 heavy (non-hydrogen) atoms. The first-order chi connectivity index (χ1) is 11.6. The molecule has 0 spiro atoms. The van der Waals surface area contributed by atoms with Gasteiger partial charge in [0.05, 0.1) is 20.8 Å². The second-order valence-corrected chi connectivity index (χ2v) is 8.74. The van der Waals surface area contributed by atoms with E-state index in [-0.39, 0.29) is 30.7 Å². The van der Waals surface area contributed by atoms with E-state index in [1.54, 1.807) is 6.07 Å². The fraction of sp³-hybridized carbons (Fsp3) is 0.133. The number of para-hydroxylation sites is 1. The van der Waals surface area contributed by atoms with Crippen molar-refractivity contribution in [2.75, 3.05) is 4.31 Å². The molecule has 0 saturated carbocycles. The summed E-state index contributed by atoms with van der Waals surface area (Å²) in [6, 6.07) is 7.06. The van der Waals surface area contributed by atoms with Crippen LogP contribution in [0.5, 0.6) is 0 Å². The second kappa shape index (κ2) is 7.91. The summed E-state index contributed by atoms with van der Waals surface area (Å²) in [6.45, 7) is 1.31. The van der Waals surface area contributed by atoms with Crippen LogP contribution in [0.15, 0.2) is 41.3 Å². The smallest absolute Gasteiger partial charge is 0.266 e. The van der Waals surface area contributed by atoms with E-state index in [2.05, 4.69) is 0 Å². The molecule has 1 atom stereocenters. The number of sulfonamides is 1. The SMILES string of the molecule is CC(C(=O)Cl)N(c1c(Cl)cccc1Cl)S(=O)(=O)c1cc(Cl)ccc1Cl. The molecule has 0 fully saturated rings. The zero-order valence-corrected chi connectivity index (χ0v) is 17.1. The lowest BCUT2D eigenvalue weighted by molar-refractivity contribution is -0.112. The zero-order chi connectivity index (χ0) is 18.9. The maximum absolute atomic E-state index is 13.2. The van der Waals surface area contributed by atoms with Gasteiger partial charge in [0.2, 0.25) is 5.24 Å². The summed E-state index contributed by atoms with van der Waals surface area (Å²) in [5.41, 5.74) is -0.0802. The minimum atomic E-state index is -4.35. The van der Waals surface area contributed by atoms with Crippen LogP contribution in [-0.2, 0) is 14.8 Å². The first kappa shape index (κ1) is 20.6. The first-order valence-electron chi connectivity index (χ1n) is 6.70. The van der Waals surface area contributed by atoms with Crippen molar-refractivity contribution in [3.63, 3.8) is 0 Å². The predicted octanol–water partition coefficient (Wildman–Crippen LogP) is 5.65. The quantitative estimate of drug-likeness (QED) is 0.541. The lowest BCUT2D eigenvalue weighted by Gasteiger charge is -2.30. The van der Waals surface area contributed by atoms with Crippen molar-refractivity contribution in [2.45, 2.75) is 17.9 Å². The summed E-state index contributed by atoms with van der Waals surface area (Å²) in [7, 11) is -4.35. The third-order valence-electron chi connectivity index (χ3n) is 3.27. The fourth-order valence-electron chi connectivity index (χ4n) is 2.09. The number of benzene rings is 2. The van der Waals surface area contributed by atoms with Gasteiger partial charge < -0.3 is 0 Å². The fourth-order valence-corrected chi connectivity index (χ4v) is 5.33. The topological polar surface area (TPSA) is 54.5 Å². The number of rotatable bonds is 5. The Kier molecular flexibility index (Phi) is 6.52. The molecule has 2 rings (SSSR count). The molecule has 1 unspecified atom stereocenters. The van der Waals surface area contributed by atoms with Crippen LogP contribution in [-0.4, -0.2) is 19.7 Å². The number of halogens is 5. The van der Waals surface area contributed by atoms with Crippen molar-refractivity contribution in [2.24, 2.45) is 0 Å². The number of hydrogen-bond acceptors (Lipinski definition) is 3. The highest BCUT2D eigenvalue weighted by Gasteiger charge is 2.36. The van der Waals surface area contributed by atoms with Crippen LogP contribution in [0.25, 0.3) is 0 Å². The maximum Gasteiger partial charge on any atom is 0.266 e. The molecule has 0 aliphatic carbocycles. The summed E-state index contributed by atoms with van der Waals surface area (Å²) in [4.78, 5) is 11.4. The van der Waals surface area contributed by atoms with Crippen molar-refractivity contribution in [3.05, 3.63) is 56.5 Å². The Morgan fingerprint density at radius 2 is 1.56 bits per heavy atom. The molecule has 0 saturated heterocycles. The van der Waals surface area contributed by atoms with E-state index < -0.39 is 21.3 Å². The summed E-state index contributed by atoms with van der Waals surface area (Å²) in [5, 5.41) is -0.791. The van der Waals surface area contributed by atoms with E-state index in [0.29, 0.717) is 0 Å². The first-order valence-corrected chi connectivity index (χ1v) is 10.0. The van der Waals surface area contributed by atoms with Crippen molar-refractivity contribution >= 4 is 79.0 Å². The third kappa shape index (κ3) is 4.18. The molecule has 0 aromatic heterocycles. The van der Waals surface area contributed by atoms with E-state index in [9.17, 15) is 13.2 Å². The maximum atomic E-state index is 13.2. The Morgan fingerprint density at radius 1 is 1.00 bits per heavy atom. The minimum Gasteiger partial charge on any atom is -0.279 e. The van der Waals surface area contributed by atoms with E-state index in [1.807, 2.05) is 0 Å². The largest absolute Gasteiger partial charge is 0.279 e. The minimum absolute atomic E-state index is 0.0268. The number of hydrogen-bond donors (Lipinski definition) is 0. The van der Waals surface area contributed by atoms with E-state index >= 15 is 0 Å². The molecule has 2 aromatic carbocycles. The van der Waals surface area contributed by atoms with Crippen LogP contribution < -0.4 is 4.31 Å². The number of carbonyl (C=O) groups is 1. The number of anilines is 1. The summed E-state index contributed by atoms with van der Waals surface area (Å²) < 4.78 is 27.2. The van der Waals surface area contributed by atoms with Crippen LogP contribution in [0.3, 0.4) is 0 Å². The van der Waals surface area contributed by atoms with Gasteiger partial charge in [-0.25, -0.2) is 8.42 Å². The number of carbonyl (C=O) groups excluding carboxylic acids is 1.